The zero-order chi connectivity index (χ0) is 13.5. The van der Waals surface area contributed by atoms with Gasteiger partial charge in [0.15, 0.2) is 0 Å². The molecule has 0 amide bonds. The molecule has 2 heterocycles. The third kappa shape index (κ3) is 4.90. The predicted molar refractivity (Wildman–Crippen MR) is 76.9 cm³/mol. The Labute approximate surface area is 116 Å². The predicted octanol–water partition coefficient (Wildman–Crippen LogP) is 1.80. The van der Waals surface area contributed by atoms with Gasteiger partial charge in [0.1, 0.15) is 0 Å². The number of rotatable bonds is 6. The van der Waals surface area contributed by atoms with Crippen molar-refractivity contribution in [2.75, 3.05) is 26.2 Å². The maximum atomic E-state index is 5.56. The topological polar surface area (TPSA) is 37.4 Å². The van der Waals surface area contributed by atoms with Crippen LogP contribution >= 0.6 is 0 Å². The maximum Gasteiger partial charge on any atom is 0.0674 e. The number of nitrogens with zero attached hydrogens (tertiary/aromatic N) is 2. The maximum absolute atomic E-state index is 5.56. The SMILES string of the molecule is CCCNCc1cccc(CN2CCOC(C)C2)n1. The van der Waals surface area contributed by atoms with E-state index in [-0.39, 0.29) is 0 Å². The van der Waals surface area contributed by atoms with E-state index in [4.69, 9.17) is 9.72 Å². The van der Waals surface area contributed by atoms with Crippen molar-refractivity contribution in [1.29, 1.82) is 0 Å². The van der Waals surface area contributed by atoms with Gasteiger partial charge in [-0.3, -0.25) is 9.88 Å². The first kappa shape index (κ1) is 14.4. The summed E-state index contributed by atoms with van der Waals surface area (Å²) in [6, 6.07) is 6.31. The van der Waals surface area contributed by atoms with Crippen LogP contribution in [0.3, 0.4) is 0 Å². The van der Waals surface area contributed by atoms with E-state index >= 15 is 0 Å². The van der Waals surface area contributed by atoms with Crippen molar-refractivity contribution < 1.29 is 4.74 Å². The number of nitrogens with one attached hydrogen (secondary N) is 1. The van der Waals surface area contributed by atoms with Gasteiger partial charge in [-0.15, -0.1) is 0 Å². The summed E-state index contributed by atoms with van der Waals surface area (Å²) in [7, 11) is 0. The van der Waals surface area contributed by atoms with Gasteiger partial charge in [0, 0.05) is 26.2 Å². The summed E-state index contributed by atoms with van der Waals surface area (Å²) in [6.07, 6.45) is 1.49. The van der Waals surface area contributed by atoms with Gasteiger partial charge in [0.2, 0.25) is 0 Å². The highest BCUT2D eigenvalue weighted by atomic mass is 16.5. The molecule has 2 rings (SSSR count). The van der Waals surface area contributed by atoms with Crippen molar-refractivity contribution >= 4 is 0 Å². The van der Waals surface area contributed by atoms with Gasteiger partial charge in [-0.1, -0.05) is 13.0 Å². The minimum absolute atomic E-state index is 0.336. The summed E-state index contributed by atoms with van der Waals surface area (Å²) >= 11 is 0. The Morgan fingerprint density at radius 1 is 1.42 bits per heavy atom. The molecule has 0 spiro atoms. The fourth-order valence-electron chi connectivity index (χ4n) is 2.37. The normalized spacial score (nSPS) is 20.6. The van der Waals surface area contributed by atoms with Crippen LogP contribution in [0, 0.1) is 0 Å². The first-order valence-electron chi connectivity index (χ1n) is 7.27. The molecular weight excluding hydrogens is 238 g/mol. The van der Waals surface area contributed by atoms with Gasteiger partial charge < -0.3 is 10.1 Å². The lowest BCUT2D eigenvalue weighted by Crippen LogP contribution is -2.40. The number of hydrogen-bond acceptors (Lipinski definition) is 4. The molecule has 1 aliphatic rings. The van der Waals surface area contributed by atoms with E-state index in [2.05, 4.69) is 42.3 Å². The summed E-state index contributed by atoms with van der Waals surface area (Å²) in [6.45, 7) is 9.98. The molecule has 0 bridgehead atoms. The van der Waals surface area contributed by atoms with Crippen molar-refractivity contribution in [2.45, 2.75) is 39.5 Å². The van der Waals surface area contributed by atoms with Gasteiger partial charge in [0.05, 0.1) is 24.1 Å². The smallest absolute Gasteiger partial charge is 0.0674 e. The summed E-state index contributed by atoms with van der Waals surface area (Å²) in [5.74, 6) is 0. The zero-order valence-corrected chi connectivity index (χ0v) is 12.1. The fourth-order valence-corrected chi connectivity index (χ4v) is 2.37. The van der Waals surface area contributed by atoms with Crippen molar-refractivity contribution in [1.82, 2.24) is 15.2 Å². The van der Waals surface area contributed by atoms with Crippen molar-refractivity contribution in [3.8, 4) is 0 Å². The monoisotopic (exact) mass is 263 g/mol. The van der Waals surface area contributed by atoms with Crippen LogP contribution in [0.5, 0.6) is 0 Å². The molecule has 106 valence electrons. The van der Waals surface area contributed by atoms with Gasteiger partial charge in [-0.25, -0.2) is 0 Å². The molecule has 0 saturated carbocycles. The Kier molecular flexibility index (Phi) is 5.76. The molecule has 0 aromatic carbocycles. The minimum Gasteiger partial charge on any atom is -0.376 e. The Hall–Kier alpha value is -0.970. The Balaban J connectivity index is 1.87. The molecule has 1 aromatic heterocycles. The highest BCUT2D eigenvalue weighted by Crippen LogP contribution is 2.09. The van der Waals surface area contributed by atoms with Gasteiger partial charge in [0.25, 0.3) is 0 Å². The Bertz CT molecular complexity index is 383. The largest absolute Gasteiger partial charge is 0.376 e. The zero-order valence-electron chi connectivity index (χ0n) is 12.1. The lowest BCUT2D eigenvalue weighted by molar-refractivity contribution is -0.0216. The first-order valence-corrected chi connectivity index (χ1v) is 7.27. The molecule has 1 unspecified atom stereocenters. The van der Waals surface area contributed by atoms with E-state index in [1.54, 1.807) is 0 Å². The summed E-state index contributed by atoms with van der Waals surface area (Å²) in [5, 5.41) is 3.39. The molecule has 1 aliphatic heterocycles. The Morgan fingerprint density at radius 2 is 2.26 bits per heavy atom. The summed E-state index contributed by atoms with van der Waals surface area (Å²) < 4.78 is 5.56. The molecule has 4 heteroatoms. The second-order valence-electron chi connectivity index (χ2n) is 5.21. The van der Waals surface area contributed by atoms with Crippen LogP contribution in [0.25, 0.3) is 0 Å². The van der Waals surface area contributed by atoms with Crippen molar-refractivity contribution in [3.05, 3.63) is 29.6 Å². The molecule has 1 atom stereocenters. The molecule has 1 fully saturated rings. The highest BCUT2D eigenvalue weighted by molar-refractivity contribution is 5.11. The van der Waals surface area contributed by atoms with Crippen LogP contribution in [0.4, 0.5) is 0 Å². The fraction of sp³-hybridized carbons (Fsp3) is 0.667. The lowest BCUT2D eigenvalue weighted by Gasteiger charge is -2.30. The standard InChI is InChI=1S/C15H25N3O/c1-3-7-16-10-14-5-4-6-15(17-14)12-18-8-9-19-13(2)11-18/h4-6,13,16H,3,7-12H2,1-2H3. The van der Waals surface area contributed by atoms with Crippen LogP contribution in [0.1, 0.15) is 31.7 Å². The molecule has 0 aliphatic carbocycles. The number of morpholine rings is 1. The van der Waals surface area contributed by atoms with E-state index < -0.39 is 0 Å². The Morgan fingerprint density at radius 3 is 3.05 bits per heavy atom. The second-order valence-corrected chi connectivity index (χ2v) is 5.21. The molecular formula is C15H25N3O. The molecule has 0 radical (unpaired) electrons. The van der Waals surface area contributed by atoms with E-state index in [0.717, 1.165) is 57.1 Å². The van der Waals surface area contributed by atoms with Crippen LogP contribution in [-0.2, 0) is 17.8 Å². The average Bonchev–Trinajstić information content (AvgIpc) is 2.39. The second kappa shape index (κ2) is 7.58. The van der Waals surface area contributed by atoms with Gasteiger partial charge >= 0.3 is 0 Å². The molecule has 1 N–H and O–H groups in total. The number of hydrogen-bond donors (Lipinski definition) is 1. The van der Waals surface area contributed by atoms with E-state index in [1.165, 1.54) is 0 Å². The molecule has 19 heavy (non-hydrogen) atoms. The molecule has 1 saturated heterocycles. The van der Waals surface area contributed by atoms with Gasteiger partial charge in [-0.05, 0) is 32.0 Å². The number of aromatic nitrogens is 1. The summed E-state index contributed by atoms with van der Waals surface area (Å²) in [4.78, 5) is 7.14. The minimum atomic E-state index is 0.336. The quantitative estimate of drug-likeness (QED) is 0.794. The summed E-state index contributed by atoms with van der Waals surface area (Å²) in [5.41, 5.74) is 2.29. The van der Waals surface area contributed by atoms with Crippen LogP contribution in [0.2, 0.25) is 0 Å². The van der Waals surface area contributed by atoms with Crippen molar-refractivity contribution in [3.63, 3.8) is 0 Å². The third-order valence-electron chi connectivity index (χ3n) is 3.31. The lowest BCUT2D eigenvalue weighted by atomic mass is 10.2. The highest BCUT2D eigenvalue weighted by Gasteiger charge is 2.16. The average molecular weight is 263 g/mol. The first-order chi connectivity index (χ1) is 9.28. The van der Waals surface area contributed by atoms with Crippen molar-refractivity contribution in [2.24, 2.45) is 0 Å². The van der Waals surface area contributed by atoms with Crippen LogP contribution < -0.4 is 5.32 Å². The van der Waals surface area contributed by atoms with E-state index in [0.29, 0.717) is 6.10 Å². The van der Waals surface area contributed by atoms with Gasteiger partial charge in [-0.2, -0.15) is 0 Å². The van der Waals surface area contributed by atoms with E-state index in [1.807, 2.05) is 0 Å². The van der Waals surface area contributed by atoms with Crippen LogP contribution in [-0.4, -0.2) is 42.2 Å². The van der Waals surface area contributed by atoms with Crippen LogP contribution in [0.15, 0.2) is 18.2 Å². The molecule has 1 aromatic rings. The number of ether oxygens (including phenoxy) is 1. The molecule has 4 nitrogen and oxygen atoms in total. The van der Waals surface area contributed by atoms with E-state index in [9.17, 15) is 0 Å². The third-order valence-corrected chi connectivity index (χ3v) is 3.31. The number of pyridine rings is 1.